The quantitative estimate of drug-likeness (QED) is 0.248. The van der Waals surface area contributed by atoms with Gasteiger partial charge in [-0.2, -0.15) is 9.97 Å². The minimum atomic E-state index is -1.07. The molecule has 0 aliphatic rings. The summed E-state index contributed by atoms with van der Waals surface area (Å²) in [5.74, 6) is -1.89. The van der Waals surface area contributed by atoms with Crippen LogP contribution in [0.4, 0.5) is 17.5 Å². The van der Waals surface area contributed by atoms with E-state index in [9.17, 15) is 14.4 Å². The van der Waals surface area contributed by atoms with E-state index in [1.807, 2.05) is 11.9 Å². The van der Waals surface area contributed by atoms with Gasteiger partial charge in [0.1, 0.15) is 12.4 Å². The second-order valence-corrected chi connectivity index (χ2v) is 8.17. The molecule has 3 heterocycles. The summed E-state index contributed by atoms with van der Waals surface area (Å²) in [4.78, 5) is 58.9. The number of rotatable bonds is 9. The molecule has 0 saturated heterocycles. The molecule has 6 N–H and O–H groups in total. The Bertz CT molecular complexity index is 1440. The van der Waals surface area contributed by atoms with Crippen molar-refractivity contribution in [1.82, 2.24) is 34.8 Å². The van der Waals surface area contributed by atoms with Crippen LogP contribution in [0.2, 0.25) is 0 Å². The summed E-state index contributed by atoms with van der Waals surface area (Å²) in [7, 11) is 1.84. The van der Waals surface area contributed by atoms with E-state index in [0.717, 1.165) is 5.69 Å². The summed E-state index contributed by atoms with van der Waals surface area (Å²) in [6.45, 7) is 0.384. The molecule has 14 nitrogen and oxygen atoms in total. The van der Waals surface area contributed by atoms with Crippen molar-refractivity contribution in [2.45, 2.75) is 25.4 Å². The first kappa shape index (κ1) is 25.0. The Morgan fingerprint density at radius 1 is 1.14 bits per heavy atom. The number of aliphatic carboxylic acids is 1. The molecule has 1 aromatic carbocycles. The van der Waals surface area contributed by atoms with Crippen molar-refractivity contribution >= 4 is 46.4 Å². The number of carbonyl (C=O) groups excluding carboxylic acids is 2. The highest BCUT2D eigenvalue weighted by atomic mass is 16.4. The second-order valence-electron chi connectivity index (χ2n) is 8.17. The fraction of sp³-hybridized carbons (Fsp3) is 0.217. The van der Waals surface area contributed by atoms with Crippen molar-refractivity contribution in [2.24, 2.45) is 0 Å². The van der Waals surface area contributed by atoms with Crippen LogP contribution in [-0.2, 0) is 11.3 Å². The number of nitrogens with two attached hydrogens (primary N) is 2. The topological polar surface area (TPSA) is 208 Å². The molecule has 0 fully saturated rings. The molecular formula is C23H24N10O4. The average Bonchev–Trinajstić information content (AvgIpc) is 3.41. The molecule has 0 unspecified atom stereocenters. The summed E-state index contributed by atoms with van der Waals surface area (Å²) in [6.07, 6.45) is 5.38. The molecule has 4 aromatic rings. The second kappa shape index (κ2) is 10.6. The van der Waals surface area contributed by atoms with Gasteiger partial charge in [0.15, 0.2) is 17.0 Å². The third-order valence-corrected chi connectivity index (χ3v) is 5.48. The van der Waals surface area contributed by atoms with Crippen LogP contribution < -0.4 is 21.7 Å². The zero-order valence-corrected chi connectivity index (χ0v) is 19.8. The molecule has 0 aliphatic carbocycles. The lowest BCUT2D eigenvalue weighted by Gasteiger charge is -2.20. The normalized spacial score (nSPS) is 11.7. The van der Waals surface area contributed by atoms with E-state index in [-0.39, 0.29) is 24.6 Å². The number of amides is 1. The number of carbonyl (C=O) groups is 3. The Labute approximate surface area is 210 Å². The molecule has 1 amide bonds. The first-order chi connectivity index (χ1) is 17.7. The van der Waals surface area contributed by atoms with E-state index >= 15 is 0 Å². The summed E-state index contributed by atoms with van der Waals surface area (Å²) in [5, 5.41) is 11.6. The number of benzene rings is 1. The average molecular weight is 505 g/mol. The van der Waals surface area contributed by atoms with Crippen LogP contribution in [0.5, 0.6) is 0 Å². The molecule has 0 spiro atoms. The van der Waals surface area contributed by atoms with Gasteiger partial charge in [-0.05, 0) is 30.7 Å². The predicted molar refractivity (Wildman–Crippen MR) is 133 cm³/mol. The van der Waals surface area contributed by atoms with Crippen LogP contribution in [0, 0.1) is 0 Å². The molecular weight excluding hydrogens is 480 g/mol. The molecule has 0 saturated carbocycles. The molecule has 3 aromatic heterocycles. The summed E-state index contributed by atoms with van der Waals surface area (Å²) in [6, 6.07) is 5.67. The highest BCUT2D eigenvalue weighted by Crippen LogP contribution is 2.19. The molecule has 0 bridgehead atoms. The zero-order chi connectivity index (χ0) is 26.5. The van der Waals surface area contributed by atoms with Gasteiger partial charge in [-0.25, -0.2) is 15.0 Å². The number of nitrogen functional groups attached to an aromatic ring is 2. The smallest absolute Gasteiger partial charge is 0.303 e. The number of anilines is 3. The van der Waals surface area contributed by atoms with Gasteiger partial charge >= 0.3 is 5.97 Å². The predicted octanol–water partition coefficient (Wildman–Crippen LogP) is 0.721. The molecule has 14 heteroatoms. The number of hydrogen-bond donors (Lipinski definition) is 4. The van der Waals surface area contributed by atoms with Crippen LogP contribution in [0.15, 0.2) is 49.2 Å². The maximum atomic E-state index is 12.8. The number of imidazole rings is 1. The van der Waals surface area contributed by atoms with Gasteiger partial charge in [0.05, 0.1) is 18.4 Å². The van der Waals surface area contributed by atoms with E-state index in [4.69, 9.17) is 16.6 Å². The van der Waals surface area contributed by atoms with Crippen molar-refractivity contribution in [3.05, 3.63) is 60.4 Å². The monoisotopic (exact) mass is 504 g/mol. The number of hydrogen-bond acceptors (Lipinski definition) is 11. The third kappa shape index (κ3) is 5.93. The SMILES string of the molecule is CN(Cc1cnc2nc(N)nc(N)c2n1)c1ccc(C(=O)N[C@@H](CCC(=O)O)C(=O)n2ccnc2)cc1. The molecule has 190 valence electrons. The van der Waals surface area contributed by atoms with Gasteiger partial charge in [-0.3, -0.25) is 19.0 Å². The van der Waals surface area contributed by atoms with Crippen LogP contribution in [0.3, 0.4) is 0 Å². The van der Waals surface area contributed by atoms with E-state index in [1.54, 1.807) is 30.5 Å². The van der Waals surface area contributed by atoms with Gasteiger partial charge in [-0.1, -0.05) is 0 Å². The Balaban J connectivity index is 1.44. The largest absolute Gasteiger partial charge is 0.481 e. The third-order valence-electron chi connectivity index (χ3n) is 5.48. The van der Waals surface area contributed by atoms with Crippen molar-refractivity contribution < 1.29 is 19.5 Å². The van der Waals surface area contributed by atoms with Gasteiger partial charge in [0, 0.05) is 37.1 Å². The lowest BCUT2D eigenvalue weighted by atomic mass is 10.1. The van der Waals surface area contributed by atoms with Crippen LogP contribution in [0.1, 0.15) is 33.7 Å². The standard InChI is InChI=1S/C23H24N10O4/c1-32(11-14-10-27-20-18(28-14)19(24)30-23(25)31-20)15-4-2-13(3-5-15)21(36)29-16(6-7-17(34)35)22(37)33-9-8-26-12-33/h2-5,8-10,12,16H,6-7,11H2,1H3,(H,29,36)(H,34,35)(H4,24,25,27,30,31)/t16-/m0/s1. The Morgan fingerprint density at radius 2 is 1.89 bits per heavy atom. The van der Waals surface area contributed by atoms with E-state index < -0.39 is 23.8 Å². The minimum absolute atomic E-state index is 0.0209. The maximum Gasteiger partial charge on any atom is 0.303 e. The van der Waals surface area contributed by atoms with Crippen LogP contribution >= 0.6 is 0 Å². The van der Waals surface area contributed by atoms with E-state index in [2.05, 4.69) is 30.2 Å². The van der Waals surface area contributed by atoms with Crippen molar-refractivity contribution in [1.29, 1.82) is 0 Å². The molecule has 0 aliphatic heterocycles. The number of fused-ring (bicyclic) bond motifs is 1. The van der Waals surface area contributed by atoms with Crippen LogP contribution in [0.25, 0.3) is 11.2 Å². The number of carboxylic acids is 1. The van der Waals surface area contributed by atoms with Gasteiger partial charge in [0.25, 0.3) is 11.8 Å². The van der Waals surface area contributed by atoms with Gasteiger partial charge < -0.3 is 26.8 Å². The molecule has 37 heavy (non-hydrogen) atoms. The molecule has 1 atom stereocenters. The lowest BCUT2D eigenvalue weighted by molar-refractivity contribution is -0.137. The lowest BCUT2D eigenvalue weighted by Crippen LogP contribution is -2.43. The Morgan fingerprint density at radius 3 is 2.57 bits per heavy atom. The van der Waals surface area contributed by atoms with Crippen LogP contribution in [-0.4, -0.2) is 65.5 Å². The van der Waals surface area contributed by atoms with Gasteiger partial charge in [-0.15, -0.1) is 0 Å². The minimum Gasteiger partial charge on any atom is -0.481 e. The van der Waals surface area contributed by atoms with Crippen molar-refractivity contribution in [2.75, 3.05) is 23.4 Å². The van der Waals surface area contributed by atoms with Crippen molar-refractivity contribution in [3.63, 3.8) is 0 Å². The zero-order valence-electron chi connectivity index (χ0n) is 19.8. The summed E-state index contributed by atoms with van der Waals surface area (Å²) in [5.41, 5.74) is 13.9. The van der Waals surface area contributed by atoms with Gasteiger partial charge in [0.2, 0.25) is 5.95 Å². The maximum absolute atomic E-state index is 12.8. The Hall–Kier alpha value is -5.14. The summed E-state index contributed by atoms with van der Waals surface area (Å²) >= 11 is 0. The number of nitrogens with zero attached hydrogens (tertiary/aromatic N) is 7. The number of carboxylic acid groups (broad SMARTS) is 1. The highest BCUT2D eigenvalue weighted by Gasteiger charge is 2.23. The fourth-order valence-corrected chi connectivity index (χ4v) is 3.60. The van der Waals surface area contributed by atoms with Crippen molar-refractivity contribution in [3.8, 4) is 0 Å². The van der Waals surface area contributed by atoms with E-state index in [0.29, 0.717) is 29.0 Å². The summed E-state index contributed by atoms with van der Waals surface area (Å²) < 4.78 is 1.20. The fourth-order valence-electron chi connectivity index (χ4n) is 3.60. The molecule has 0 radical (unpaired) electrons. The highest BCUT2D eigenvalue weighted by molar-refractivity contribution is 5.98. The number of aromatic nitrogens is 6. The Kier molecular flexibility index (Phi) is 7.18. The first-order valence-electron chi connectivity index (χ1n) is 11.1. The van der Waals surface area contributed by atoms with E-state index in [1.165, 1.54) is 23.3 Å². The number of nitrogens with one attached hydrogen (secondary N) is 1. The molecule has 4 rings (SSSR count). The first-order valence-corrected chi connectivity index (χ1v) is 11.1.